The molecule has 0 spiro atoms. The zero-order chi connectivity index (χ0) is 14.7. The summed E-state index contributed by atoms with van der Waals surface area (Å²) in [5.41, 5.74) is 4.15. The Hall–Kier alpha value is -1.29. The molecule has 0 unspecified atom stereocenters. The van der Waals surface area contributed by atoms with Crippen LogP contribution in [0.15, 0.2) is 36.4 Å². The lowest BCUT2D eigenvalue weighted by Gasteiger charge is -2.12. The first-order valence-electron chi connectivity index (χ1n) is 6.05. The number of hydrogen-bond donors (Lipinski definition) is 2. The van der Waals surface area contributed by atoms with Crippen LogP contribution in [0.3, 0.4) is 0 Å². The average molecular weight is 325 g/mol. The van der Waals surface area contributed by atoms with E-state index in [0.29, 0.717) is 15.2 Å². The smallest absolute Gasteiger partial charge is 0.175 e. The Labute approximate surface area is 134 Å². The SMILES string of the molecule is Cc1ccc(NC(=S)Nc2cc(Cl)cc(Cl)c2)cc1C. The molecule has 0 saturated carbocycles. The summed E-state index contributed by atoms with van der Waals surface area (Å²) in [5.74, 6) is 0. The van der Waals surface area contributed by atoms with Crippen molar-refractivity contribution in [1.82, 2.24) is 0 Å². The molecule has 0 aliphatic carbocycles. The summed E-state index contributed by atoms with van der Waals surface area (Å²) in [5, 5.41) is 7.81. The Morgan fingerprint density at radius 3 is 2.05 bits per heavy atom. The van der Waals surface area contributed by atoms with E-state index in [1.54, 1.807) is 18.2 Å². The van der Waals surface area contributed by atoms with Crippen molar-refractivity contribution in [1.29, 1.82) is 0 Å². The highest BCUT2D eigenvalue weighted by molar-refractivity contribution is 7.80. The van der Waals surface area contributed by atoms with Gasteiger partial charge in [-0.1, -0.05) is 29.3 Å². The molecule has 0 fully saturated rings. The second-order valence-corrected chi connectivity index (χ2v) is 5.82. The van der Waals surface area contributed by atoms with Crippen LogP contribution in [0.5, 0.6) is 0 Å². The van der Waals surface area contributed by atoms with Gasteiger partial charge in [0.1, 0.15) is 0 Å². The van der Waals surface area contributed by atoms with E-state index in [9.17, 15) is 0 Å². The maximum Gasteiger partial charge on any atom is 0.175 e. The second-order valence-electron chi connectivity index (χ2n) is 4.54. The summed E-state index contributed by atoms with van der Waals surface area (Å²) < 4.78 is 0. The number of hydrogen-bond acceptors (Lipinski definition) is 1. The summed E-state index contributed by atoms with van der Waals surface area (Å²) in [4.78, 5) is 0. The molecule has 0 saturated heterocycles. The summed E-state index contributed by atoms with van der Waals surface area (Å²) >= 11 is 17.2. The quantitative estimate of drug-likeness (QED) is 0.721. The van der Waals surface area contributed by atoms with E-state index in [4.69, 9.17) is 35.4 Å². The predicted octanol–water partition coefficient (Wildman–Crippen LogP) is 5.42. The van der Waals surface area contributed by atoms with Crippen molar-refractivity contribution in [2.24, 2.45) is 0 Å². The Morgan fingerprint density at radius 2 is 1.45 bits per heavy atom. The van der Waals surface area contributed by atoms with E-state index < -0.39 is 0 Å². The van der Waals surface area contributed by atoms with Gasteiger partial charge in [-0.25, -0.2) is 0 Å². The summed E-state index contributed by atoms with van der Waals surface area (Å²) in [7, 11) is 0. The highest BCUT2D eigenvalue weighted by atomic mass is 35.5. The van der Waals surface area contributed by atoms with Crippen LogP contribution in [0, 0.1) is 13.8 Å². The van der Waals surface area contributed by atoms with Crippen LogP contribution in [0.1, 0.15) is 11.1 Å². The average Bonchev–Trinajstić information content (AvgIpc) is 2.32. The summed E-state index contributed by atoms with van der Waals surface area (Å²) in [6.45, 7) is 4.14. The van der Waals surface area contributed by atoms with Gasteiger partial charge < -0.3 is 10.6 Å². The van der Waals surface area contributed by atoms with Crippen LogP contribution in [0.2, 0.25) is 10.0 Å². The highest BCUT2D eigenvalue weighted by Crippen LogP contribution is 2.22. The fraction of sp³-hybridized carbons (Fsp3) is 0.133. The molecule has 0 aliphatic heterocycles. The second kappa shape index (κ2) is 6.44. The van der Waals surface area contributed by atoms with E-state index in [0.717, 1.165) is 11.4 Å². The van der Waals surface area contributed by atoms with E-state index in [1.807, 2.05) is 12.1 Å². The molecule has 20 heavy (non-hydrogen) atoms. The van der Waals surface area contributed by atoms with Gasteiger partial charge in [0, 0.05) is 21.4 Å². The zero-order valence-corrected chi connectivity index (χ0v) is 13.5. The predicted molar refractivity (Wildman–Crippen MR) is 92.2 cm³/mol. The van der Waals surface area contributed by atoms with Gasteiger partial charge in [0.15, 0.2) is 5.11 Å². The highest BCUT2D eigenvalue weighted by Gasteiger charge is 2.02. The fourth-order valence-corrected chi connectivity index (χ4v) is 2.50. The van der Waals surface area contributed by atoms with E-state index >= 15 is 0 Å². The van der Waals surface area contributed by atoms with Crippen LogP contribution in [-0.4, -0.2) is 5.11 Å². The molecule has 0 aliphatic rings. The molecule has 2 aromatic carbocycles. The van der Waals surface area contributed by atoms with Crippen molar-refractivity contribution in [3.05, 3.63) is 57.6 Å². The number of thiocarbonyl (C=S) groups is 1. The number of aryl methyl sites for hydroxylation is 2. The monoisotopic (exact) mass is 324 g/mol. The molecule has 0 amide bonds. The molecular weight excluding hydrogens is 311 g/mol. The lowest BCUT2D eigenvalue weighted by molar-refractivity contribution is 1.34. The van der Waals surface area contributed by atoms with Crippen molar-refractivity contribution in [2.45, 2.75) is 13.8 Å². The Bertz CT molecular complexity index is 636. The lowest BCUT2D eigenvalue weighted by atomic mass is 10.1. The lowest BCUT2D eigenvalue weighted by Crippen LogP contribution is -2.19. The van der Waals surface area contributed by atoms with Crippen molar-refractivity contribution < 1.29 is 0 Å². The van der Waals surface area contributed by atoms with Crippen LogP contribution in [-0.2, 0) is 0 Å². The van der Waals surface area contributed by atoms with Crippen molar-refractivity contribution in [2.75, 3.05) is 10.6 Å². The van der Waals surface area contributed by atoms with Crippen molar-refractivity contribution in [3.63, 3.8) is 0 Å². The standard InChI is InChI=1S/C15H14Cl2N2S/c1-9-3-4-13(5-10(9)2)18-15(20)19-14-7-11(16)6-12(17)8-14/h3-8H,1-2H3,(H2,18,19,20). The Balaban J connectivity index is 2.06. The molecule has 104 valence electrons. The first-order chi connectivity index (χ1) is 9.44. The molecule has 2 aromatic rings. The normalized spacial score (nSPS) is 10.2. The van der Waals surface area contributed by atoms with Gasteiger partial charge >= 0.3 is 0 Å². The molecule has 2 nitrogen and oxygen atoms in total. The first-order valence-corrected chi connectivity index (χ1v) is 7.22. The topological polar surface area (TPSA) is 24.1 Å². The van der Waals surface area contributed by atoms with Gasteiger partial charge in [0.05, 0.1) is 0 Å². The number of rotatable bonds is 2. The molecule has 0 heterocycles. The zero-order valence-electron chi connectivity index (χ0n) is 11.1. The van der Waals surface area contributed by atoms with Gasteiger partial charge in [-0.3, -0.25) is 0 Å². The van der Waals surface area contributed by atoms with Crippen LogP contribution >= 0.6 is 35.4 Å². The third kappa shape index (κ3) is 4.10. The number of halogens is 2. The molecule has 0 bridgehead atoms. The molecule has 5 heteroatoms. The minimum absolute atomic E-state index is 0.492. The van der Waals surface area contributed by atoms with Gasteiger partial charge in [-0.2, -0.15) is 0 Å². The maximum atomic E-state index is 5.94. The summed E-state index contributed by atoms with van der Waals surface area (Å²) in [6, 6.07) is 11.3. The largest absolute Gasteiger partial charge is 0.332 e. The van der Waals surface area contributed by atoms with Crippen LogP contribution < -0.4 is 10.6 Å². The summed E-state index contributed by atoms with van der Waals surface area (Å²) in [6.07, 6.45) is 0. The minimum atomic E-state index is 0.492. The first kappa shape index (κ1) is 15.1. The molecule has 0 atom stereocenters. The van der Waals surface area contributed by atoms with Gasteiger partial charge in [-0.05, 0) is 67.5 Å². The van der Waals surface area contributed by atoms with Crippen molar-refractivity contribution in [3.8, 4) is 0 Å². The van der Waals surface area contributed by atoms with Gasteiger partial charge in [0.25, 0.3) is 0 Å². The Morgan fingerprint density at radius 1 is 0.850 bits per heavy atom. The molecule has 0 radical (unpaired) electrons. The maximum absolute atomic E-state index is 5.94. The Kier molecular flexibility index (Phi) is 4.86. The fourth-order valence-electron chi connectivity index (χ4n) is 1.74. The van der Waals surface area contributed by atoms with Crippen LogP contribution in [0.4, 0.5) is 11.4 Å². The van der Waals surface area contributed by atoms with Gasteiger partial charge in [-0.15, -0.1) is 0 Å². The number of nitrogens with one attached hydrogen (secondary N) is 2. The number of benzene rings is 2. The van der Waals surface area contributed by atoms with Crippen LogP contribution in [0.25, 0.3) is 0 Å². The molecule has 2 rings (SSSR count). The van der Waals surface area contributed by atoms with E-state index in [-0.39, 0.29) is 0 Å². The minimum Gasteiger partial charge on any atom is -0.332 e. The molecule has 0 aromatic heterocycles. The van der Waals surface area contributed by atoms with Gasteiger partial charge in [0.2, 0.25) is 0 Å². The van der Waals surface area contributed by atoms with Crippen molar-refractivity contribution >= 4 is 51.9 Å². The third-order valence-corrected chi connectivity index (χ3v) is 3.53. The molecule has 2 N–H and O–H groups in total. The van der Waals surface area contributed by atoms with E-state index in [2.05, 4.69) is 30.5 Å². The number of anilines is 2. The molecular formula is C15H14Cl2N2S. The third-order valence-electron chi connectivity index (χ3n) is 2.89. The van der Waals surface area contributed by atoms with E-state index in [1.165, 1.54) is 11.1 Å².